The molecular weight excluding hydrogens is 405 g/mol. The molecule has 2 aromatic carbocycles. The molecule has 3 N–H and O–H groups in total. The van der Waals surface area contributed by atoms with Crippen LogP contribution < -0.4 is 15.6 Å². The summed E-state index contributed by atoms with van der Waals surface area (Å²) in [5, 5.41) is 2.86. The van der Waals surface area contributed by atoms with Crippen molar-refractivity contribution in [1.29, 1.82) is 0 Å². The van der Waals surface area contributed by atoms with Gasteiger partial charge in [-0.2, -0.15) is 0 Å². The number of carbonyl (C=O) groups is 1. The predicted octanol–water partition coefficient (Wildman–Crippen LogP) is 2.63. The minimum absolute atomic E-state index is 0.0229. The minimum Gasteiger partial charge on any atom is -0.316 e. The molecule has 3 rings (SSSR count). The van der Waals surface area contributed by atoms with Gasteiger partial charge < -0.3 is 5.32 Å². The molecule has 1 unspecified atom stereocenters. The van der Waals surface area contributed by atoms with E-state index in [1.165, 1.54) is 12.1 Å². The van der Waals surface area contributed by atoms with Crippen molar-refractivity contribution in [3.8, 4) is 11.1 Å². The molecular formula is C19H21ClFN3O3S. The highest BCUT2D eigenvalue weighted by Crippen LogP contribution is 2.28. The Morgan fingerprint density at radius 2 is 2.07 bits per heavy atom. The maximum absolute atomic E-state index is 14.4. The molecule has 1 heterocycles. The zero-order chi connectivity index (χ0) is 20.3. The SMILES string of the molecule is Cc1cccc(-c2cc(Cl)c(F)c(C(=O)NNS(=O)(=O)CC3CCNC3)c2)c1. The monoisotopic (exact) mass is 425 g/mol. The van der Waals surface area contributed by atoms with E-state index in [4.69, 9.17) is 11.6 Å². The second-order valence-electron chi connectivity index (χ2n) is 6.89. The van der Waals surface area contributed by atoms with E-state index < -0.39 is 21.7 Å². The van der Waals surface area contributed by atoms with Crippen LogP contribution in [0.2, 0.25) is 5.02 Å². The summed E-state index contributed by atoms with van der Waals surface area (Å²) in [6.07, 6.45) is 0.748. The largest absolute Gasteiger partial charge is 0.316 e. The summed E-state index contributed by atoms with van der Waals surface area (Å²) in [5.74, 6) is -1.96. The molecule has 1 saturated heterocycles. The Balaban J connectivity index is 1.77. The zero-order valence-corrected chi connectivity index (χ0v) is 16.8. The second kappa shape index (κ2) is 8.57. The molecule has 6 nitrogen and oxygen atoms in total. The molecule has 0 spiro atoms. The Kier molecular flexibility index (Phi) is 6.34. The first-order valence-corrected chi connectivity index (χ1v) is 10.8. The molecule has 0 aromatic heterocycles. The van der Waals surface area contributed by atoms with E-state index in [0.29, 0.717) is 12.1 Å². The third-order valence-corrected chi connectivity index (χ3v) is 6.16. The lowest BCUT2D eigenvalue weighted by Gasteiger charge is -2.13. The number of aryl methyl sites for hydroxylation is 1. The molecule has 1 amide bonds. The second-order valence-corrected chi connectivity index (χ2v) is 9.06. The topological polar surface area (TPSA) is 87.3 Å². The summed E-state index contributed by atoms with van der Waals surface area (Å²) < 4.78 is 38.6. The Labute approximate surface area is 168 Å². The number of amides is 1. The number of halogens is 2. The number of benzene rings is 2. The first-order chi connectivity index (χ1) is 13.2. The first-order valence-electron chi connectivity index (χ1n) is 8.82. The smallest absolute Gasteiger partial charge is 0.269 e. The van der Waals surface area contributed by atoms with Crippen LogP contribution in [-0.2, 0) is 10.0 Å². The summed E-state index contributed by atoms with van der Waals surface area (Å²) >= 11 is 5.96. The van der Waals surface area contributed by atoms with E-state index in [-0.39, 0.29) is 22.3 Å². The van der Waals surface area contributed by atoms with Crippen molar-refractivity contribution in [1.82, 2.24) is 15.6 Å². The van der Waals surface area contributed by atoms with Gasteiger partial charge in [-0.15, -0.1) is 4.83 Å². The van der Waals surface area contributed by atoms with E-state index in [1.807, 2.05) is 36.0 Å². The van der Waals surface area contributed by atoms with Gasteiger partial charge in [0.1, 0.15) is 0 Å². The van der Waals surface area contributed by atoms with Gasteiger partial charge in [0.25, 0.3) is 5.91 Å². The van der Waals surface area contributed by atoms with Gasteiger partial charge in [0.2, 0.25) is 10.0 Å². The van der Waals surface area contributed by atoms with Gasteiger partial charge >= 0.3 is 0 Å². The van der Waals surface area contributed by atoms with Gasteiger partial charge in [-0.1, -0.05) is 41.4 Å². The van der Waals surface area contributed by atoms with Crippen LogP contribution in [0, 0.1) is 18.7 Å². The van der Waals surface area contributed by atoms with Crippen LogP contribution in [-0.4, -0.2) is 33.2 Å². The van der Waals surface area contributed by atoms with Crippen molar-refractivity contribution in [3.63, 3.8) is 0 Å². The van der Waals surface area contributed by atoms with Crippen LogP contribution in [0.5, 0.6) is 0 Å². The summed E-state index contributed by atoms with van der Waals surface area (Å²) in [4.78, 5) is 14.4. The van der Waals surface area contributed by atoms with Gasteiger partial charge in [-0.3, -0.25) is 10.2 Å². The van der Waals surface area contributed by atoms with E-state index in [0.717, 1.165) is 24.1 Å². The molecule has 0 saturated carbocycles. The number of rotatable bonds is 6. The summed E-state index contributed by atoms with van der Waals surface area (Å²) in [6.45, 7) is 3.29. The fourth-order valence-corrected chi connectivity index (χ4v) is 4.60. The molecule has 0 aliphatic carbocycles. The Bertz CT molecular complexity index is 992. The number of nitrogens with one attached hydrogen (secondary N) is 3. The molecule has 150 valence electrons. The summed E-state index contributed by atoms with van der Waals surface area (Å²) in [6, 6.07) is 10.2. The molecule has 9 heteroatoms. The molecule has 1 aliphatic rings. The molecule has 1 fully saturated rings. The lowest BCUT2D eigenvalue weighted by atomic mass is 10.0. The summed E-state index contributed by atoms with van der Waals surface area (Å²) in [7, 11) is -3.74. The van der Waals surface area contributed by atoms with E-state index in [9.17, 15) is 17.6 Å². The van der Waals surface area contributed by atoms with Gasteiger partial charge in [0.05, 0.1) is 16.3 Å². The minimum atomic E-state index is -3.74. The molecule has 1 atom stereocenters. The molecule has 1 aliphatic heterocycles. The fourth-order valence-electron chi connectivity index (χ4n) is 3.15. The highest BCUT2D eigenvalue weighted by Gasteiger charge is 2.24. The molecule has 28 heavy (non-hydrogen) atoms. The Morgan fingerprint density at radius 3 is 2.75 bits per heavy atom. The van der Waals surface area contributed by atoms with Crippen LogP contribution in [0.15, 0.2) is 36.4 Å². The number of sulfonamides is 1. The van der Waals surface area contributed by atoms with E-state index in [2.05, 4.69) is 10.7 Å². The van der Waals surface area contributed by atoms with E-state index >= 15 is 0 Å². The average molecular weight is 426 g/mol. The Morgan fingerprint density at radius 1 is 1.29 bits per heavy atom. The molecule has 0 bridgehead atoms. The lowest BCUT2D eigenvalue weighted by Crippen LogP contribution is -2.44. The van der Waals surface area contributed by atoms with Crippen molar-refractivity contribution in [2.45, 2.75) is 13.3 Å². The normalized spacial score (nSPS) is 16.9. The number of carbonyl (C=O) groups excluding carboxylic acids is 1. The Hall–Kier alpha value is -2.00. The number of hydrogen-bond donors (Lipinski definition) is 3. The van der Waals surface area contributed by atoms with Crippen LogP contribution in [0.4, 0.5) is 4.39 Å². The van der Waals surface area contributed by atoms with Crippen molar-refractivity contribution in [3.05, 3.63) is 58.4 Å². The maximum Gasteiger partial charge on any atom is 0.269 e. The molecule has 0 radical (unpaired) electrons. The standard InChI is InChI=1S/C19H21ClFN3O3S/c1-12-3-2-4-14(7-12)15-8-16(18(21)17(20)9-15)19(25)23-24-28(26,27)11-13-5-6-22-10-13/h2-4,7-9,13,22,24H,5-6,10-11H2,1H3,(H,23,25). The summed E-state index contributed by atoms with van der Waals surface area (Å²) in [5.41, 5.74) is 4.06. The van der Waals surface area contributed by atoms with Gasteiger partial charge in [-0.05, 0) is 55.6 Å². The molecule has 2 aromatic rings. The van der Waals surface area contributed by atoms with Gasteiger partial charge in [-0.25, -0.2) is 12.8 Å². The third-order valence-electron chi connectivity index (χ3n) is 4.56. The first kappa shape index (κ1) is 20.7. The number of hydrazine groups is 1. The van der Waals surface area contributed by atoms with Crippen LogP contribution in [0.3, 0.4) is 0 Å². The predicted molar refractivity (Wildman–Crippen MR) is 107 cm³/mol. The maximum atomic E-state index is 14.4. The van der Waals surface area contributed by atoms with Gasteiger partial charge in [0.15, 0.2) is 5.82 Å². The lowest BCUT2D eigenvalue weighted by molar-refractivity contribution is 0.0941. The third kappa shape index (κ3) is 5.08. The van der Waals surface area contributed by atoms with Gasteiger partial charge in [0, 0.05) is 0 Å². The van der Waals surface area contributed by atoms with Crippen molar-refractivity contribution >= 4 is 27.5 Å². The van der Waals surface area contributed by atoms with Crippen molar-refractivity contribution in [2.24, 2.45) is 5.92 Å². The van der Waals surface area contributed by atoms with Crippen molar-refractivity contribution < 1.29 is 17.6 Å². The quantitative estimate of drug-likeness (QED) is 0.621. The zero-order valence-electron chi connectivity index (χ0n) is 15.3. The highest BCUT2D eigenvalue weighted by atomic mass is 35.5. The average Bonchev–Trinajstić information content (AvgIpc) is 3.14. The fraction of sp³-hybridized carbons (Fsp3) is 0.316. The van der Waals surface area contributed by atoms with Crippen molar-refractivity contribution in [2.75, 3.05) is 18.8 Å². The van der Waals surface area contributed by atoms with Crippen LogP contribution in [0.25, 0.3) is 11.1 Å². The van der Waals surface area contributed by atoms with Crippen LogP contribution >= 0.6 is 11.6 Å². The number of hydrogen-bond acceptors (Lipinski definition) is 4. The highest BCUT2D eigenvalue weighted by molar-refractivity contribution is 7.89. The van der Waals surface area contributed by atoms with Crippen LogP contribution in [0.1, 0.15) is 22.3 Å². The van der Waals surface area contributed by atoms with E-state index in [1.54, 1.807) is 0 Å².